The summed E-state index contributed by atoms with van der Waals surface area (Å²) in [7, 11) is 0. The minimum Gasteiger partial charge on any atom is -0.465 e. The number of rotatable bonds is 9. The van der Waals surface area contributed by atoms with Gasteiger partial charge in [0, 0.05) is 6.54 Å². The van der Waals surface area contributed by atoms with Crippen molar-refractivity contribution >= 4 is 5.97 Å². The Labute approximate surface area is 94.3 Å². The van der Waals surface area contributed by atoms with Gasteiger partial charge in [-0.05, 0) is 13.3 Å². The number of alkyl halides is 2. The molecule has 0 aliphatic carbocycles. The molecule has 0 saturated heterocycles. The third-order valence-corrected chi connectivity index (χ3v) is 1.86. The lowest BCUT2D eigenvalue weighted by Gasteiger charge is -2.15. The first-order valence-electron chi connectivity index (χ1n) is 5.37. The second-order valence-corrected chi connectivity index (χ2v) is 3.13. The van der Waals surface area contributed by atoms with E-state index in [1.165, 1.54) is 0 Å². The molecule has 0 heterocycles. The molecule has 16 heavy (non-hydrogen) atoms. The Morgan fingerprint density at radius 1 is 1.38 bits per heavy atom. The second-order valence-electron chi connectivity index (χ2n) is 3.13. The van der Waals surface area contributed by atoms with E-state index in [0.717, 1.165) is 0 Å². The molecule has 0 radical (unpaired) electrons. The van der Waals surface area contributed by atoms with Crippen LogP contribution in [0.3, 0.4) is 0 Å². The molecule has 0 spiro atoms. The Bertz CT molecular complexity index is 191. The van der Waals surface area contributed by atoms with Gasteiger partial charge in [0.2, 0.25) is 0 Å². The standard InChI is InChI=1S/C10H19F2NO3/c1-3-8(10(14)16-4-2)13-5-6-15-7-9(11)12/h8-9,13H,3-7H2,1-2H3. The summed E-state index contributed by atoms with van der Waals surface area (Å²) in [5.41, 5.74) is 0. The Hall–Kier alpha value is -0.750. The van der Waals surface area contributed by atoms with Gasteiger partial charge in [-0.2, -0.15) is 0 Å². The van der Waals surface area contributed by atoms with E-state index >= 15 is 0 Å². The monoisotopic (exact) mass is 239 g/mol. The normalized spacial score (nSPS) is 12.8. The summed E-state index contributed by atoms with van der Waals surface area (Å²) in [6, 6.07) is -0.393. The van der Waals surface area contributed by atoms with Crippen molar-refractivity contribution in [3.63, 3.8) is 0 Å². The molecule has 0 aromatic rings. The van der Waals surface area contributed by atoms with Crippen LogP contribution < -0.4 is 5.32 Å². The van der Waals surface area contributed by atoms with Crippen LogP contribution in [0.5, 0.6) is 0 Å². The number of ether oxygens (including phenoxy) is 2. The van der Waals surface area contributed by atoms with Gasteiger partial charge < -0.3 is 14.8 Å². The van der Waals surface area contributed by atoms with Crippen molar-refractivity contribution in [2.75, 3.05) is 26.4 Å². The van der Waals surface area contributed by atoms with Gasteiger partial charge in [-0.3, -0.25) is 4.79 Å². The van der Waals surface area contributed by atoms with E-state index in [0.29, 0.717) is 19.6 Å². The van der Waals surface area contributed by atoms with Gasteiger partial charge in [0.25, 0.3) is 6.43 Å². The highest BCUT2D eigenvalue weighted by Gasteiger charge is 2.16. The fourth-order valence-electron chi connectivity index (χ4n) is 1.11. The molecule has 0 bridgehead atoms. The molecule has 0 fully saturated rings. The maximum absolute atomic E-state index is 11.7. The highest BCUT2D eigenvalue weighted by molar-refractivity contribution is 5.75. The predicted octanol–water partition coefficient (Wildman–Crippen LogP) is 1.20. The largest absolute Gasteiger partial charge is 0.465 e. The number of carbonyl (C=O) groups is 1. The average molecular weight is 239 g/mol. The summed E-state index contributed by atoms with van der Waals surface area (Å²) in [5, 5.41) is 2.88. The second kappa shape index (κ2) is 9.47. The highest BCUT2D eigenvalue weighted by Crippen LogP contribution is 1.95. The molecule has 0 aromatic carbocycles. The number of nitrogens with one attached hydrogen (secondary N) is 1. The lowest BCUT2D eigenvalue weighted by molar-refractivity contribution is -0.145. The Kier molecular flexibility index (Phi) is 9.03. The Morgan fingerprint density at radius 2 is 2.06 bits per heavy atom. The molecule has 0 rings (SSSR count). The summed E-state index contributed by atoms with van der Waals surface area (Å²) in [5.74, 6) is -0.321. The van der Waals surface area contributed by atoms with Crippen LogP contribution in [0.1, 0.15) is 20.3 Å². The van der Waals surface area contributed by atoms with Crippen molar-refractivity contribution in [2.45, 2.75) is 32.7 Å². The van der Waals surface area contributed by atoms with Crippen molar-refractivity contribution < 1.29 is 23.0 Å². The van der Waals surface area contributed by atoms with Crippen molar-refractivity contribution in [2.24, 2.45) is 0 Å². The number of esters is 1. The van der Waals surface area contributed by atoms with Gasteiger partial charge in [0.1, 0.15) is 12.6 Å². The average Bonchev–Trinajstić information content (AvgIpc) is 2.23. The van der Waals surface area contributed by atoms with E-state index in [-0.39, 0.29) is 12.6 Å². The molecule has 1 unspecified atom stereocenters. The van der Waals surface area contributed by atoms with Crippen LogP contribution in [-0.4, -0.2) is 44.8 Å². The lowest BCUT2D eigenvalue weighted by Crippen LogP contribution is -2.39. The predicted molar refractivity (Wildman–Crippen MR) is 55.5 cm³/mol. The summed E-state index contributed by atoms with van der Waals surface area (Å²) >= 11 is 0. The maximum atomic E-state index is 11.7. The van der Waals surface area contributed by atoms with Crippen molar-refractivity contribution in [1.82, 2.24) is 5.32 Å². The van der Waals surface area contributed by atoms with Crippen LogP contribution in [0.2, 0.25) is 0 Å². The molecule has 0 aliphatic rings. The van der Waals surface area contributed by atoms with E-state index in [4.69, 9.17) is 4.74 Å². The number of carbonyl (C=O) groups excluding carboxylic acids is 1. The molecule has 1 atom stereocenters. The van der Waals surface area contributed by atoms with Gasteiger partial charge in [-0.15, -0.1) is 0 Å². The van der Waals surface area contributed by atoms with E-state index in [2.05, 4.69) is 10.1 Å². The zero-order valence-electron chi connectivity index (χ0n) is 9.67. The maximum Gasteiger partial charge on any atom is 0.323 e. The van der Waals surface area contributed by atoms with Crippen LogP contribution in [-0.2, 0) is 14.3 Å². The molecule has 0 aliphatic heterocycles. The number of halogens is 2. The van der Waals surface area contributed by atoms with E-state index < -0.39 is 19.1 Å². The molecule has 4 nitrogen and oxygen atoms in total. The quantitative estimate of drug-likeness (QED) is 0.485. The minimum absolute atomic E-state index is 0.153. The van der Waals surface area contributed by atoms with Crippen molar-refractivity contribution in [1.29, 1.82) is 0 Å². The summed E-state index contributed by atoms with van der Waals surface area (Å²) in [6.07, 6.45) is -1.86. The van der Waals surface area contributed by atoms with E-state index in [1.807, 2.05) is 6.92 Å². The van der Waals surface area contributed by atoms with Crippen LogP contribution in [0.25, 0.3) is 0 Å². The van der Waals surface area contributed by atoms with Gasteiger partial charge in [-0.1, -0.05) is 6.92 Å². The van der Waals surface area contributed by atoms with Gasteiger partial charge >= 0.3 is 5.97 Å². The summed E-state index contributed by atoms with van der Waals surface area (Å²) in [4.78, 5) is 11.3. The van der Waals surface area contributed by atoms with Crippen molar-refractivity contribution in [3.05, 3.63) is 0 Å². The topological polar surface area (TPSA) is 47.6 Å². The smallest absolute Gasteiger partial charge is 0.323 e. The van der Waals surface area contributed by atoms with Gasteiger partial charge in [-0.25, -0.2) is 8.78 Å². The van der Waals surface area contributed by atoms with Gasteiger partial charge in [0.05, 0.1) is 13.2 Å². The van der Waals surface area contributed by atoms with E-state index in [9.17, 15) is 13.6 Å². The third-order valence-electron chi connectivity index (χ3n) is 1.86. The molecule has 96 valence electrons. The summed E-state index contributed by atoms with van der Waals surface area (Å²) in [6.45, 7) is 3.84. The highest BCUT2D eigenvalue weighted by atomic mass is 19.3. The van der Waals surface area contributed by atoms with Crippen LogP contribution >= 0.6 is 0 Å². The number of hydrogen-bond donors (Lipinski definition) is 1. The first kappa shape index (κ1) is 15.2. The van der Waals surface area contributed by atoms with Gasteiger partial charge in [0.15, 0.2) is 0 Å². The molecule has 0 saturated carbocycles. The fourth-order valence-corrected chi connectivity index (χ4v) is 1.11. The van der Waals surface area contributed by atoms with Crippen LogP contribution in [0.15, 0.2) is 0 Å². The first-order valence-corrected chi connectivity index (χ1v) is 5.37. The summed E-state index contributed by atoms with van der Waals surface area (Å²) < 4.78 is 32.9. The van der Waals surface area contributed by atoms with E-state index in [1.54, 1.807) is 6.92 Å². The lowest BCUT2D eigenvalue weighted by atomic mass is 10.2. The van der Waals surface area contributed by atoms with Crippen LogP contribution in [0, 0.1) is 0 Å². The van der Waals surface area contributed by atoms with Crippen LogP contribution in [0.4, 0.5) is 8.78 Å². The molecule has 1 N–H and O–H groups in total. The third kappa shape index (κ3) is 7.53. The Balaban J connectivity index is 3.59. The molecular formula is C10H19F2NO3. The van der Waals surface area contributed by atoms with Crippen molar-refractivity contribution in [3.8, 4) is 0 Å². The first-order chi connectivity index (χ1) is 7.61. The number of hydrogen-bond acceptors (Lipinski definition) is 4. The Morgan fingerprint density at radius 3 is 2.56 bits per heavy atom. The molecule has 0 amide bonds. The SMILES string of the molecule is CCOC(=O)C(CC)NCCOCC(F)F. The zero-order valence-corrected chi connectivity index (χ0v) is 9.67. The molecule has 6 heteroatoms. The fraction of sp³-hybridized carbons (Fsp3) is 0.900. The minimum atomic E-state index is -2.45. The zero-order chi connectivity index (χ0) is 12.4. The molecular weight excluding hydrogens is 220 g/mol. The molecule has 0 aromatic heterocycles.